The predicted molar refractivity (Wildman–Crippen MR) is 111 cm³/mol. The molecule has 0 unspecified atom stereocenters. The van der Waals surface area contributed by atoms with E-state index in [9.17, 15) is 18.0 Å². The van der Waals surface area contributed by atoms with Crippen LogP contribution in [0.4, 0.5) is 0 Å². The molecule has 8 nitrogen and oxygen atoms in total. The molecule has 0 aliphatic carbocycles. The van der Waals surface area contributed by atoms with Crippen molar-refractivity contribution in [2.24, 2.45) is 0 Å². The molecule has 1 amide bonds. The van der Waals surface area contributed by atoms with Crippen LogP contribution in [-0.2, 0) is 15.4 Å². The molecule has 9 heteroatoms. The van der Waals surface area contributed by atoms with Gasteiger partial charge in [0.25, 0.3) is 5.91 Å². The number of nitrogens with zero attached hydrogens (tertiary/aromatic N) is 2. The summed E-state index contributed by atoms with van der Waals surface area (Å²) in [4.78, 5) is 30.4. The number of nitrogens with one attached hydrogen (secondary N) is 2. The maximum absolute atomic E-state index is 13.3. The van der Waals surface area contributed by atoms with Gasteiger partial charge in [-0.25, -0.2) is 13.2 Å². The molecule has 2 aromatic rings. The van der Waals surface area contributed by atoms with E-state index in [-0.39, 0.29) is 43.2 Å². The highest BCUT2D eigenvalue weighted by atomic mass is 32.2. The summed E-state index contributed by atoms with van der Waals surface area (Å²) in [7, 11) is -3.66. The van der Waals surface area contributed by atoms with Crippen molar-refractivity contribution in [3.8, 4) is 0 Å². The summed E-state index contributed by atoms with van der Waals surface area (Å²) in [6.07, 6.45) is 1.33. The number of H-pyrrole nitrogens is 2. The average molecular weight is 421 g/mol. The Balaban J connectivity index is 1.80. The largest absolute Gasteiger partial charge is 0.335 e. The molecule has 1 aliphatic heterocycles. The Morgan fingerprint density at radius 2 is 1.59 bits per heavy atom. The van der Waals surface area contributed by atoms with E-state index in [1.54, 1.807) is 4.90 Å². The van der Waals surface area contributed by atoms with Crippen molar-refractivity contribution in [1.29, 1.82) is 0 Å². The Hall–Kier alpha value is -2.39. The van der Waals surface area contributed by atoms with Crippen LogP contribution in [0.15, 0.2) is 28.0 Å². The number of piperazine rings is 1. The van der Waals surface area contributed by atoms with E-state index < -0.39 is 15.7 Å². The Bertz CT molecular complexity index is 1060. The molecule has 1 aliphatic rings. The molecule has 29 heavy (non-hydrogen) atoms. The third-order valence-electron chi connectivity index (χ3n) is 5.28. The zero-order valence-corrected chi connectivity index (χ0v) is 18.3. The molecule has 1 saturated heterocycles. The molecule has 0 saturated carbocycles. The lowest BCUT2D eigenvalue weighted by Gasteiger charge is -2.34. The first kappa shape index (κ1) is 21.3. The number of benzene rings is 1. The highest BCUT2D eigenvalue weighted by molar-refractivity contribution is 7.89. The van der Waals surface area contributed by atoms with Gasteiger partial charge in [-0.05, 0) is 36.0 Å². The van der Waals surface area contributed by atoms with Gasteiger partial charge in [0.15, 0.2) is 0 Å². The minimum absolute atomic E-state index is 0.0665. The average Bonchev–Trinajstić information content (AvgIpc) is 3.06. The minimum Gasteiger partial charge on any atom is -0.335 e. The number of hydrogen-bond acceptors (Lipinski definition) is 4. The van der Waals surface area contributed by atoms with Gasteiger partial charge in [0, 0.05) is 32.4 Å². The molecule has 158 valence electrons. The normalized spacial score (nSPS) is 16.2. The van der Waals surface area contributed by atoms with E-state index in [1.165, 1.54) is 10.5 Å². The third kappa shape index (κ3) is 4.16. The van der Waals surface area contributed by atoms with Gasteiger partial charge in [-0.2, -0.15) is 4.31 Å². The fourth-order valence-corrected chi connectivity index (χ4v) is 5.50. The predicted octanol–water partition coefficient (Wildman–Crippen LogP) is 1.76. The minimum atomic E-state index is -3.66. The lowest BCUT2D eigenvalue weighted by molar-refractivity contribution is 0.0692. The van der Waals surface area contributed by atoms with E-state index in [0.717, 1.165) is 16.7 Å². The first-order valence-electron chi connectivity index (χ1n) is 9.60. The molecule has 2 heterocycles. The number of carbonyl (C=O) groups excluding carboxylic acids is 1. The van der Waals surface area contributed by atoms with Crippen LogP contribution in [0.1, 0.15) is 48.0 Å². The Kier molecular flexibility index (Phi) is 5.48. The molecule has 0 atom stereocenters. The quantitative estimate of drug-likeness (QED) is 0.789. The first-order valence-corrected chi connectivity index (χ1v) is 11.0. The second-order valence-electron chi connectivity index (χ2n) is 8.54. The fraction of sp³-hybridized carbons (Fsp3) is 0.500. The van der Waals surface area contributed by atoms with Crippen LogP contribution in [0.25, 0.3) is 0 Å². The molecule has 1 aromatic heterocycles. The lowest BCUT2D eigenvalue weighted by atomic mass is 9.85. The molecular weight excluding hydrogens is 392 g/mol. The topological polar surface area (TPSA) is 106 Å². The molecule has 1 fully saturated rings. The summed E-state index contributed by atoms with van der Waals surface area (Å²) in [5.74, 6) is -0.317. The summed E-state index contributed by atoms with van der Waals surface area (Å²) >= 11 is 0. The highest BCUT2D eigenvalue weighted by Crippen LogP contribution is 2.31. The number of amides is 1. The highest BCUT2D eigenvalue weighted by Gasteiger charge is 2.33. The summed E-state index contributed by atoms with van der Waals surface area (Å²) in [5, 5.41) is 0. The van der Waals surface area contributed by atoms with Gasteiger partial charge in [-0.3, -0.25) is 4.79 Å². The number of carbonyl (C=O) groups is 1. The molecule has 0 bridgehead atoms. The number of sulfonamides is 1. The Morgan fingerprint density at radius 1 is 1.03 bits per heavy atom. The van der Waals surface area contributed by atoms with Crippen molar-refractivity contribution >= 4 is 15.9 Å². The van der Waals surface area contributed by atoms with Gasteiger partial charge in [-0.15, -0.1) is 0 Å². The Morgan fingerprint density at radius 3 is 2.03 bits per heavy atom. The SMILES string of the molecule is Cc1cc(C(C)(C)C)cc(C)c1S(=O)(=O)N1CCN(C(=O)c2c[nH]c(=O)[nH]2)CC1. The van der Waals surface area contributed by atoms with Crippen LogP contribution < -0.4 is 5.69 Å². The molecule has 1 aromatic carbocycles. The van der Waals surface area contributed by atoms with Gasteiger partial charge in [0.05, 0.1) is 4.90 Å². The van der Waals surface area contributed by atoms with Crippen molar-refractivity contribution < 1.29 is 13.2 Å². The molecular formula is C20H28N4O4S. The second-order valence-corrected chi connectivity index (χ2v) is 10.4. The fourth-order valence-electron chi connectivity index (χ4n) is 3.67. The number of hydrogen-bond donors (Lipinski definition) is 2. The van der Waals surface area contributed by atoms with Gasteiger partial charge in [0.1, 0.15) is 5.69 Å². The smallest absolute Gasteiger partial charge is 0.323 e. The van der Waals surface area contributed by atoms with Crippen molar-refractivity contribution in [3.05, 3.63) is 51.2 Å². The Labute approximate surface area is 171 Å². The van der Waals surface area contributed by atoms with Crippen molar-refractivity contribution in [2.75, 3.05) is 26.2 Å². The molecule has 3 rings (SSSR count). The summed E-state index contributed by atoms with van der Waals surface area (Å²) in [5.41, 5.74) is 2.23. The van der Waals surface area contributed by atoms with Crippen LogP contribution in [0.3, 0.4) is 0 Å². The van der Waals surface area contributed by atoms with E-state index in [1.807, 2.05) is 26.0 Å². The van der Waals surface area contributed by atoms with E-state index in [0.29, 0.717) is 4.90 Å². The van der Waals surface area contributed by atoms with Crippen LogP contribution in [0, 0.1) is 13.8 Å². The molecule has 2 N–H and O–H groups in total. The van der Waals surface area contributed by atoms with Crippen molar-refractivity contribution in [2.45, 2.75) is 44.9 Å². The number of rotatable bonds is 3. The third-order valence-corrected chi connectivity index (χ3v) is 7.48. The zero-order chi connectivity index (χ0) is 21.6. The zero-order valence-electron chi connectivity index (χ0n) is 17.5. The second kappa shape index (κ2) is 7.46. The molecule has 0 radical (unpaired) electrons. The summed E-state index contributed by atoms with van der Waals surface area (Å²) in [6, 6.07) is 3.89. The van der Waals surface area contributed by atoms with E-state index in [2.05, 4.69) is 30.7 Å². The van der Waals surface area contributed by atoms with E-state index >= 15 is 0 Å². The van der Waals surface area contributed by atoms with Crippen LogP contribution in [0.2, 0.25) is 0 Å². The number of aromatic nitrogens is 2. The summed E-state index contributed by atoms with van der Waals surface area (Å²) < 4.78 is 28.1. The first-order chi connectivity index (χ1) is 13.4. The number of aryl methyl sites for hydroxylation is 2. The van der Waals surface area contributed by atoms with Gasteiger partial charge >= 0.3 is 5.69 Å². The summed E-state index contributed by atoms with van der Waals surface area (Å²) in [6.45, 7) is 10.9. The molecule has 0 spiro atoms. The number of imidazole rings is 1. The maximum Gasteiger partial charge on any atom is 0.323 e. The van der Waals surface area contributed by atoms with Crippen molar-refractivity contribution in [3.63, 3.8) is 0 Å². The number of aromatic amines is 2. The van der Waals surface area contributed by atoms with Crippen molar-refractivity contribution in [1.82, 2.24) is 19.2 Å². The van der Waals surface area contributed by atoms with E-state index in [4.69, 9.17) is 0 Å². The van der Waals surface area contributed by atoms with Gasteiger partial charge < -0.3 is 14.9 Å². The maximum atomic E-state index is 13.3. The lowest BCUT2D eigenvalue weighted by Crippen LogP contribution is -2.50. The standard InChI is InChI=1S/C20H28N4O4S/c1-13-10-15(20(3,4)5)11-14(2)17(13)29(27,28)24-8-6-23(7-9-24)18(25)16-12-21-19(26)22-16/h10-12H,6-9H2,1-5H3,(H2,21,22,26). The van der Waals surface area contributed by atoms with Gasteiger partial charge in [0.2, 0.25) is 10.0 Å². The van der Waals surface area contributed by atoms with Gasteiger partial charge in [-0.1, -0.05) is 32.9 Å². The van der Waals surface area contributed by atoms with Crippen LogP contribution in [0.5, 0.6) is 0 Å². The van der Waals surface area contributed by atoms with Crippen LogP contribution in [-0.4, -0.2) is 59.7 Å². The van der Waals surface area contributed by atoms with Crippen LogP contribution >= 0.6 is 0 Å². The monoisotopic (exact) mass is 420 g/mol.